The van der Waals surface area contributed by atoms with Gasteiger partial charge in [0.15, 0.2) is 6.10 Å². The Morgan fingerprint density at radius 1 is 1.60 bits per heavy atom. The van der Waals surface area contributed by atoms with E-state index in [1.54, 1.807) is 12.1 Å². The summed E-state index contributed by atoms with van der Waals surface area (Å²) >= 11 is 0. The summed E-state index contributed by atoms with van der Waals surface area (Å²) in [7, 11) is 1.30. The van der Waals surface area contributed by atoms with Crippen LogP contribution in [0.5, 0.6) is 0 Å². The number of aryl methyl sites for hydroxylation is 1. The third kappa shape index (κ3) is 3.02. The standard InChI is InChI=1S/C11H13FO3/c1-7-3-4-9(12)8(5-7)6-10(15-2)11(13)14/h3-5,10H,6H2,1-2H3,(H,13,14). The predicted octanol–water partition coefficient (Wildman–Crippen LogP) is 1.78. The normalized spacial score (nSPS) is 12.5. The van der Waals surface area contributed by atoms with Crippen molar-refractivity contribution in [2.75, 3.05) is 7.11 Å². The first-order chi connectivity index (χ1) is 7.04. The summed E-state index contributed by atoms with van der Waals surface area (Å²) in [5.41, 5.74) is 1.26. The molecule has 4 heteroatoms. The highest BCUT2D eigenvalue weighted by molar-refractivity contribution is 5.72. The molecule has 1 aromatic rings. The van der Waals surface area contributed by atoms with Crippen molar-refractivity contribution in [3.63, 3.8) is 0 Å². The van der Waals surface area contributed by atoms with Crippen LogP contribution in [0.3, 0.4) is 0 Å². The molecule has 0 heterocycles. The molecule has 0 fully saturated rings. The molecule has 82 valence electrons. The zero-order valence-electron chi connectivity index (χ0n) is 8.66. The maximum Gasteiger partial charge on any atom is 0.333 e. The van der Waals surface area contributed by atoms with Gasteiger partial charge in [-0.3, -0.25) is 0 Å². The van der Waals surface area contributed by atoms with Crippen LogP contribution in [0, 0.1) is 12.7 Å². The summed E-state index contributed by atoms with van der Waals surface area (Å²) in [5.74, 6) is -1.48. The third-order valence-corrected chi connectivity index (χ3v) is 2.17. The van der Waals surface area contributed by atoms with Crippen LogP contribution in [-0.4, -0.2) is 24.3 Å². The van der Waals surface area contributed by atoms with Gasteiger partial charge < -0.3 is 9.84 Å². The number of ether oxygens (including phenoxy) is 1. The van der Waals surface area contributed by atoms with Crippen LogP contribution in [0.15, 0.2) is 18.2 Å². The smallest absolute Gasteiger partial charge is 0.333 e. The molecule has 0 aliphatic heterocycles. The molecule has 0 aromatic heterocycles. The van der Waals surface area contributed by atoms with Crippen LogP contribution < -0.4 is 0 Å². The number of hydrogen-bond acceptors (Lipinski definition) is 2. The highest BCUT2D eigenvalue weighted by atomic mass is 19.1. The van der Waals surface area contributed by atoms with E-state index in [2.05, 4.69) is 0 Å². The van der Waals surface area contributed by atoms with Crippen LogP contribution in [0.2, 0.25) is 0 Å². The maximum absolute atomic E-state index is 13.3. The molecular weight excluding hydrogens is 199 g/mol. The second-order valence-electron chi connectivity index (χ2n) is 3.36. The Labute approximate surface area is 87.5 Å². The first-order valence-electron chi connectivity index (χ1n) is 4.55. The van der Waals surface area contributed by atoms with Gasteiger partial charge in [-0.05, 0) is 18.6 Å². The van der Waals surface area contributed by atoms with Gasteiger partial charge in [0.1, 0.15) is 5.82 Å². The number of benzene rings is 1. The lowest BCUT2D eigenvalue weighted by molar-refractivity contribution is -0.148. The average molecular weight is 212 g/mol. The van der Waals surface area contributed by atoms with Crippen molar-refractivity contribution in [1.29, 1.82) is 0 Å². The monoisotopic (exact) mass is 212 g/mol. The van der Waals surface area contributed by atoms with Crippen molar-refractivity contribution >= 4 is 5.97 Å². The Kier molecular flexibility index (Phi) is 3.80. The van der Waals surface area contributed by atoms with E-state index in [0.29, 0.717) is 5.56 Å². The lowest BCUT2D eigenvalue weighted by atomic mass is 10.0. The van der Waals surface area contributed by atoms with Crippen molar-refractivity contribution in [2.24, 2.45) is 0 Å². The second-order valence-corrected chi connectivity index (χ2v) is 3.36. The highest BCUT2D eigenvalue weighted by Gasteiger charge is 2.18. The predicted molar refractivity (Wildman–Crippen MR) is 53.3 cm³/mol. The van der Waals surface area contributed by atoms with E-state index in [-0.39, 0.29) is 6.42 Å². The summed E-state index contributed by atoms with van der Waals surface area (Å²) in [6.07, 6.45) is -0.958. The molecule has 0 aliphatic rings. The lowest BCUT2D eigenvalue weighted by Crippen LogP contribution is -2.25. The summed E-state index contributed by atoms with van der Waals surface area (Å²) in [6.45, 7) is 1.82. The molecule has 3 nitrogen and oxygen atoms in total. The average Bonchev–Trinajstić information content (AvgIpc) is 2.18. The molecule has 0 bridgehead atoms. The second kappa shape index (κ2) is 4.89. The highest BCUT2D eigenvalue weighted by Crippen LogP contribution is 2.13. The Balaban J connectivity index is 2.87. The number of carboxylic acids is 1. The minimum absolute atomic E-state index is 0.0410. The number of carbonyl (C=O) groups is 1. The fraction of sp³-hybridized carbons (Fsp3) is 0.364. The number of hydrogen-bond donors (Lipinski definition) is 1. The fourth-order valence-electron chi connectivity index (χ4n) is 1.33. The topological polar surface area (TPSA) is 46.5 Å². The van der Waals surface area contributed by atoms with Gasteiger partial charge in [-0.2, -0.15) is 0 Å². The van der Waals surface area contributed by atoms with Gasteiger partial charge in [-0.1, -0.05) is 17.7 Å². The zero-order valence-corrected chi connectivity index (χ0v) is 8.66. The Morgan fingerprint density at radius 2 is 2.27 bits per heavy atom. The molecule has 0 aliphatic carbocycles. The molecule has 0 saturated heterocycles. The third-order valence-electron chi connectivity index (χ3n) is 2.17. The minimum Gasteiger partial charge on any atom is -0.479 e. The molecule has 1 atom stereocenters. The number of halogens is 1. The molecule has 1 aromatic carbocycles. The molecule has 1 unspecified atom stereocenters. The molecule has 0 spiro atoms. The van der Waals surface area contributed by atoms with E-state index in [0.717, 1.165) is 5.56 Å². The van der Waals surface area contributed by atoms with E-state index in [1.165, 1.54) is 13.2 Å². The van der Waals surface area contributed by atoms with Crippen molar-refractivity contribution in [3.05, 3.63) is 35.1 Å². The number of methoxy groups -OCH3 is 1. The Bertz CT molecular complexity index is 363. The number of carboxylic acid groups (broad SMARTS) is 1. The zero-order chi connectivity index (χ0) is 11.4. The molecule has 0 saturated carbocycles. The maximum atomic E-state index is 13.3. The summed E-state index contributed by atoms with van der Waals surface area (Å²) in [6, 6.07) is 4.60. The van der Waals surface area contributed by atoms with E-state index >= 15 is 0 Å². The van der Waals surface area contributed by atoms with Gasteiger partial charge in [0.05, 0.1) is 0 Å². The largest absolute Gasteiger partial charge is 0.479 e. The van der Waals surface area contributed by atoms with Gasteiger partial charge >= 0.3 is 5.97 Å². The number of aliphatic carboxylic acids is 1. The van der Waals surface area contributed by atoms with E-state index in [9.17, 15) is 9.18 Å². The first-order valence-corrected chi connectivity index (χ1v) is 4.55. The van der Waals surface area contributed by atoms with Crippen LogP contribution >= 0.6 is 0 Å². The molecular formula is C11H13FO3. The SMILES string of the molecule is COC(Cc1cc(C)ccc1F)C(=O)O. The van der Waals surface area contributed by atoms with Crippen LogP contribution in [-0.2, 0) is 16.0 Å². The molecule has 0 radical (unpaired) electrons. The van der Waals surface area contributed by atoms with Gasteiger partial charge in [0, 0.05) is 13.5 Å². The molecule has 0 amide bonds. The number of rotatable bonds is 4. The minimum atomic E-state index is -1.08. The quantitative estimate of drug-likeness (QED) is 0.827. The van der Waals surface area contributed by atoms with Crippen LogP contribution in [0.1, 0.15) is 11.1 Å². The van der Waals surface area contributed by atoms with E-state index in [1.807, 2.05) is 6.92 Å². The Morgan fingerprint density at radius 3 is 2.80 bits per heavy atom. The van der Waals surface area contributed by atoms with Gasteiger partial charge in [-0.15, -0.1) is 0 Å². The van der Waals surface area contributed by atoms with Gasteiger partial charge in [-0.25, -0.2) is 9.18 Å². The fourth-order valence-corrected chi connectivity index (χ4v) is 1.33. The molecule has 15 heavy (non-hydrogen) atoms. The van der Waals surface area contributed by atoms with Crippen molar-refractivity contribution in [3.8, 4) is 0 Å². The van der Waals surface area contributed by atoms with Crippen molar-refractivity contribution in [2.45, 2.75) is 19.4 Å². The van der Waals surface area contributed by atoms with Crippen LogP contribution in [0.4, 0.5) is 4.39 Å². The van der Waals surface area contributed by atoms with E-state index < -0.39 is 17.9 Å². The molecule has 1 rings (SSSR count). The van der Waals surface area contributed by atoms with Gasteiger partial charge in [0.2, 0.25) is 0 Å². The Hall–Kier alpha value is -1.42. The van der Waals surface area contributed by atoms with Crippen molar-refractivity contribution < 1.29 is 19.0 Å². The van der Waals surface area contributed by atoms with Crippen LogP contribution in [0.25, 0.3) is 0 Å². The first kappa shape index (κ1) is 11.7. The summed E-state index contributed by atoms with van der Waals surface area (Å²) < 4.78 is 18.0. The lowest BCUT2D eigenvalue weighted by Gasteiger charge is -2.11. The van der Waals surface area contributed by atoms with E-state index in [4.69, 9.17) is 9.84 Å². The van der Waals surface area contributed by atoms with Gasteiger partial charge in [0.25, 0.3) is 0 Å². The summed E-state index contributed by atoms with van der Waals surface area (Å²) in [5, 5.41) is 8.75. The molecule has 1 N–H and O–H groups in total. The van der Waals surface area contributed by atoms with Crippen molar-refractivity contribution in [1.82, 2.24) is 0 Å². The summed E-state index contributed by atoms with van der Waals surface area (Å²) in [4.78, 5) is 10.7.